The molecular weight excluding hydrogens is 344 g/mol. The second-order valence-corrected chi connectivity index (χ2v) is 7.10. The molecule has 0 aliphatic heterocycles. The largest absolute Gasteiger partial charge is 0.502 e. The van der Waals surface area contributed by atoms with Crippen molar-refractivity contribution in [1.82, 2.24) is 0 Å². The standard InChI is InChI=1S/C14H11ClN2O5S/c1-23(21,22)12-4-2-3-11(7-12)16-8-9-5-10(15)6-13(14(9)18)17(19)20/h2-8,18H,1H3. The van der Waals surface area contributed by atoms with E-state index in [0.717, 1.165) is 12.3 Å². The first kappa shape index (κ1) is 16.9. The zero-order valence-electron chi connectivity index (χ0n) is 11.8. The number of nitro groups is 1. The fourth-order valence-corrected chi connectivity index (χ4v) is 2.66. The summed E-state index contributed by atoms with van der Waals surface area (Å²) in [6.45, 7) is 0. The number of rotatable bonds is 4. The first-order chi connectivity index (χ1) is 10.7. The number of phenolic OH excluding ortho intramolecular Hbond substituents is 1. The SMILES string of the molecule is CS(=O)(=O)c1cccc(N=Cc2cc(Cl)cc([N+](=O)[O-])c2O)c1. The lowest BCUT2D eigenvalue weighted by atomic mass is 10.2. The van der Waals surface area contributed by atoms with E-state index >= 15 is 0 Å². The van der Waals surface area contributed by atoms with Crippen LogP contribution in [0.5, 0.6) is 5.75 Å². The maximum absolute atomic E-state index is 11.5. The van der Waals surface area contributed by atoms with E-state index in [0.29, 0.717) is 5.69 Å². The molecule has 0 spiro atoms. The Morgan fingerprint density at radius 3 is 2.61 bits per heavy atom. The number of sulfone groups is 1. The minimum atomic E-state index is -3.37. The second-order valence-electron chi connectivity index (χ2n) is 4.65. The van der Waals surface area contributed by atoms with Crippen LogP contribution >= 0.6 is 11.6 Å². The van der Waals surface area contributed by atoms with Crippen LogP contribution in [0.2, 0.25) is 5.02 Å². The van der Waals surface area contributed by atoms with Crippen molar-refractivity contribution in [2.24, 2.45) is 4.99 Å². The van der Waals surface area contributed by atoms with Crippen molar-refractivity contribution in [3.05, 3.63) is 57.1 Å². The van der Waals surface area contributed by atoms with Gasteiger partial charge in [0, 0.05) is 29.1 Å². The molecule has 0 atom stereocenters. The van der Waals surface area contributed by atoms with Gasteiger partial charge in [-0.2, -0.15) is 0 Å². The van der Waals surface area contributed by atoms with Gasteiger partial charge in [0.25, 0.3) is 0 Å². The number of phenols is 1. The van der Waals surface area contributed by atoms with Gasteiger partial charge >= 0.3 is 5.69 Å². The lowest BCUT2D eigenvalue weighted by molar-refractivity contribution is -0.385. The molecule has 0 radical (unpaired) electrons. The average Bonchev–Trinajstić information content (AvgIpc) is 2.47. The minimum absolute atomic E-state index is 0.0500. The van der Waals surface area contributed by atoms with E-state index < -0.39 is 26.2 Å². The molecule has 0 saturated heterocycles. The molecular formula is C14H11ClN2O5S. The zero-order valence-corrected chi connectivity index (χ0v) is 13.4. The average molecular weight is 355 g/mol. The van der Waals surface area contributed by atoms with E-state index in [1.807, 2.05) is 0 Å². The topological polar surface area (TPSA) is 110 Å². The summed E-state index contributed by atoms with van der Waals surface area (Å²) in [5, 5.41) is 20.8. The normalized spacial score (nSPS) is 11.7. The van der Waals surface area contributed by atoms with Gasteiger partial charge < -0.3 is 5.11 Å². The number of nitrogens with zero attached hydrogens (tertiary/aromatic N) is 2. The van der Waals surface area contributed by atoms with E-state index in [-0.39, 0.29) is 15.5 Å². The predicted octanol–water partition coefficient (Wildman–Crippen LogP) is 3.11. The quantitative estimate of drug-likeness (QED) is 0.515. The van der Waals surface area contributed by atoms with E-state index in [1.165, 1.54) is 30.5 Å². The lowest BCUT2D eigenvalue weighted by Gasteiger charge is -2.02. The maximum Gasteiger partial charge on any atom is 0.312 e. The summed E-state index contributed by atoms with van der Waals surface area (Å²) in [4.78, 5) is 14.2. The van der Waals surface area contributed by atoms with E-state index in [4.69, 9.17) is 11.6 Å². The van der Waals surface area contributed by atoms with E-state index in [1.54, 1.807) is 6.07 Å². The van der Waals surface area contributed by atoms with Gasteiger partial charge in [-0.15, -0.1) is 0 Å². The van der Waals surface area contributed by atoms with Gasteiger partial charge in [0.2, 0.25) is 5.75 Å². The Morgan fingerprint density at radius 2 is 2.00 bits per heavy atom. The molecule has 9 heteroatoms. The highest BCUT2D eigenvalue weighted by Gasteiger charge is 2.17. The smallest absolute Gasteiger partial charge is 0.312 e. The molecule has 0 aliphatic carbocycles. The van der Waals surface area contributed by atoms with Gasteiger partial charge in [-0.05, 0) is 24.3 Å². The molecule has 0 unspecified atom stereocenters. The third kappa shape index (κ3) is 4.05. The number of halogens is 1. The summed E-state index contributed by atoms with van der Waals surface area (Å²) in [7, 11) is -3.37. The predicted molar refractivity (Wildman–Crippen MR) is 86.6 cm³/mol. The number of aromatic hydroxyl groups is 1. The van der Waals surface area contributed by atoms with Crippen molar-refractivity contribution >= 4 is 39.0 Å². The Kier molecular flexibility index (Phi) is 4.67. The summed E-state index contributed by atoms with van der Waals surface area (Å²) in [5.41, 5.74) is -0.173. The zero-order chi connectivity index (χ0) is 17.2. The summed E-state index contributed by atoms with van der Waals surface area (Å²) >= 11 is 5.78. The molecule has 0 amide bonds. The van der Waals surface area contributed by atoms with E-state index in [9.17, 15) is 23.6 Å². The van der Waals surface area contributed by atoms with Gasteiger partial charge in [-0.1, -0.05) is 17.7 Å². The van der Waals surface area contributed by atoms with Crippen LogP contribution in [0.25, 0.3) is 0 Å². The fourth-order valence-electron chi connectivity index (χ4n) is 1.78. The van der Waals surface area contributed by atoms with Gasteiger partial charge in [-0.3, -0.25) is 15.1 Å². The number of hydrogen-bond acceptors (Lipinski definition) is 6. The summed E-state index contributed by atoms with van der Waals surface area (Å²) in [6, 6.07) is 8.19. The van der Waals surface area contributed by atoms with Crippen molar-refractivity contribution in [3.8, 4) is 5.75 Å². The Morgan fingerprint density at radius 1 is 1.30 bits per heavy atom. The Balaban J connectivity index is 2.44. The molecule has 0 fully saturated rings. The van der Waals surface area contributed by atoms with Gasteiger partial charge in [0.1, 0.15) is 0 Å². The highest BCUT2D eigenvalue weighted by Crippen LogP contribution is 2.32. The molecule has 7 nitrogen and oxygen atoms in total. The number of hydrogen-bond donors (Lipinski definition) is 1. The van der Waals surface area contributed by atoms with Gasteiger partial charge in [-0.25, -0.2) is 8.42 Å². The molecule has 0 aromatic heterocycles. The molecule has 2 rings (SSSR count). The number of aliphatic imine (C=N–C) groups is 1. The number of benzene rings is 2. The molecule has 2 aromatic rings. The van der Waals surface area contributed by atoms with Crippen LogP contribution in [-0.2, 0) is 9.84 Å². The first-order valence-corrected chi connectivity index (χ1v) is 8.46. The van der Waals surface area contributed by atoms with Crippen LogP contribution in [0.1, 0.15) is 5.56 Å². The molecule has 120 valence electrons. The highest BCUT2D eigenvalue weighted by atomic mass is 35.5. The van der Waals surface area contributed by atoms with Crippen LogP contribution in [0.3, 0.4) is 0 Å². The van der Waals surface area contributed by atoms with E-state index in [2.05, 4.69) is 4.99 Å². The van der Waals surface area contributed by atoms with Gasteiger partial charge in [0.05, 0.1) is 15.5 Å². The van der Waals surface area contributed by atoms with Crippen molar-refractivity contribution in [2.75, 3.05) is 6.26 Å². The Hall–Kier alpha value is -2.45. The monoisotopic (exact) mass is 354 g/mol. The molecule has 23 heavy (non-hydrogen) atoms. The molecule has 0 aliphatic rings. The highest BCUT2D eigenvalue weighted by molar-refractivity contribution is 7.90. The van der Waals surface area contributed by atoms with Crippen LogP contribution in [0.4, 0.5) is 11.4 Å². The van der Waals surface area contributed by atoms with Crippen LogP contribution in [-0.4, -0.2) is 30.9 Å². The first-order valence-electron chi connectivity index (χ1n) is 6.19. The molecule has 2 aromatic carbocycles. The molecule has 0 bridgehead atoms. The maximum atomic E-state index is 11.5. The summed E-state index contributed by atoms with van der Waals surface area (Å²) < 4.78 is 23.0. The Labute approximate surface area is 136 Å². The molecule has 1 N–H and O–H groups in total. The number of nitro benzene ring substituents is 1. The Bertz CT molecular complexity index is 909. The molecule has 0 heterocycles. The van der Waals surface area contributed by atoms with Gasteiger partial charge in [0.15, 0.2) is 9.84 Å². The second kappa shape index (κ2) is 6.35. The van der Waals surface area contributed by atoms with Crippen LogP contribution in [0, 0.1) is 10.1 Å². The fraction of sp³-hybridized carbons (Fsp3) is 0.0714. The van der Waals surface area contributed by atoms with Crippen LogP contribution < -0.4 is 0 Å². The lowest BCUT2D eigenvalue weighted by Crippen LogP contribution is -1.96. The van der Waals surface area contributed by atoms with Crippen molar-refractivity contribution in [2.45, 2.75) is 4.90 Å². The summed E-state index contributed by atoms with van der Waals surface area (Å²) in [6.07, 6.45) is 2.25. The minimum Gasteiger partial charge on any atom is -0.502 e. The third-order valence-corrected chi connectivity index (χ3v) is 4.21. The van der Waals surface area contributed by atoms with Crippen molar-refractivity contribution < 1.29 is 18.4 Å². The summed E-state index contributed by atoms with van der Waals surface area (Å²) in [5.74, 6) is -0.567. The third-order valence-electron chi connectivity index (χ3n) is 2.88. The van der Waals surface area contributed by atoms with Crippen LogP contribution in [0.15, 0.2) is 46.3 Å². The molecule has 0 saturated carbocycles. The van der Waals surface area contributed by atoms with Crippen molar-refractivity contribution in [1.29, 1.82) is 0 Å². The van der Waals surface area contributed by atoms with Crippen molar-refractivity contribution in [3.63, 3.8) is 0 Å².